The third-order valence-corrected chi connectivity index (χ3v) is 6.63. The highest BCUT2D eigenvalue weighted by molar-refractivity contribution is 5.36. The second kappa shape index (κ2) is 5.76. The van der Waals surface area contributed by atoms with Crippen LogP contribution in [0.2, 0.25) is 0 Å². The van der Waals surface area contributed by atoms with Gasteiger partial charge in [-0.05, 0) is 74.2 Å². The van der Waals surface area contributed by atoms with Crippen LogP contribution in [0.1, 0.15) is 65.2 Å². The fraction of sp³-hybridized carbons (Fsp3) is 0.700. The van der Waals surface area contributed by atoms with E-state index in [1.54, 1.807) is 5.57 Å². The lowest BCUT2D eigenvalue weighted by atomic mass is 9.64. The van der Waals surface area contributed by atoms with Crippen molar-refractivity contribution in [3.8, 4) is 0 Å². The Morgan fingerprint density at radius 2 is 2.00 bits per heavy atom. The molecule has 1 nitrogen and oxygen atoms in total. The van der Waals surface area contributed by atoms with E-state index in [2.05, 4.69) is 32.6 Å². The number of allylic oxidation sites excluding steroid dienone is 4. The van der Waals surface area contributed by atoms with Gasteiger partial charge in [0.1, 0.15) is 0 Å². The van der Waals surface area contributed by atoms with Gasteiger partial charge in [-0.15, -0.1) is 0 Å². The van der Waals surface area contributed by atoms with Crippen LogP contribution in [-0.4, -0.2) is 11.2 Å². The predicted molar refractivity (Wildman–Crippen MR) is 89.0 cm³/mol. The maximum absolute atomic E-state index is 9.86. The van der Waals surface area contributed by atoms with Gasteiger partial charge in [0.15, 0.2) is 0 Å². The Hall–Kier alpha value is -0.820. The number of aliphatic hydroxyl groups is 1. The van der Waals surface area contributed by atoms with Gasteiger partial charge in [-0.3, -0.25) is 0 Å². The Morgan fingerprint density at radius 3 is 2.81 bits per heavy atom. The average molecular weight is 286 g/mol. The zero-order valence-corrected chi connectivity index (χ0v) is 13.7. The van der Waals surface area contributed by atoms with Crippen molar-refractivity contribution >= 4 is 0 Å². The summed E-state index contributed by atoms with van der Waals surface area (Å²) in [5.41, 5.74) is 4.70. The first-order valence-electron chi connectivity index (χ1n) is 8.76. The maximum atomic E-state index is 9.86. The fourth-order valence-electron chi connectivity index (χ4n) is 4.89. The first-order valence-corrected chi connectivity index (χ1v) is 8.76. The first kappa shape index (κ1) is 15.1. The molecule has 1 heteroatoms. The lowest BCUT2D eigenvalue weighted by molar-refractivity contribution is 0.147. The molecule has 0 spiro atoms. The zero-order chi connectivity index (χ0) is 15.0. The molecule has 0 aliphatic heterocycles. The molecule has 3 aliphatic rings. The largest absolute Gasteiger partial charge is 0.393 e. The standard InChI is InChI=1S/C20H30O/c1-14-6-10-18(21)13-17(14)9-8-16-5-4-12-20(3)15(2)7-11-19(16)20/h8-9,15,18-19,21H,1,4-7,10-13H2,2-3H3/b16-8+,17-9-/t15-,18-,19-,20+/m0/s1. The van der Waals surface area contributed by atoms with Crippen LogP contribution >= 0.6 is 0 Å². The Balaban J connectivity index is 1.81. The summed E-state index contributed by atoms with van der Waals surface area (Å²) in [5.74, 6) is 1.66. The highest BCUT2D eigenvalue weighted by Gasteiger charge is 2.46. The molecule has 4 atom stereocenters. The van der Waals surface area contributed by atoms with Crippen LogP contribution in [0.3, 0.4) is 0 Å². The van der Waals surface area contributed by atoms with Crippen LogP contribution < -0.4 is 0 Å². The van der Waals surface area contributed by atoms with E-state index in [4.69, 9.17) is 0 Å². The summed E-state index contributed by atoms with van der Waals surface area (Å²) < 4.78 is 0. The lowest BCUT2D eigenvalue weighted by Crippen LogP contribution is -2.31. The molecule has 0 bridgehead atoms. The Bertz CT molecular complexity index is 484. The van der Waals surface area contributed by atoms with Crippen molar-refractivity contribution in [2.45, 2.75) is 71.3 Å². The third-order valence-electron chi connectivity index (χ3n) is 6.63. The van der Waals surface area contributed by atoms with Crippen molar-refractivity contribution in [2.24, 2.45) is 17.3 Å². The van der Waals surface area contributed by atoms with Gasteiger partial charge < -0.3 is 5.11 Å². The highest BCUT2D eigenvalue weighted by Crippen LogP contribution is 2.57. The Morgan fingerprint density at radius 1 is 1.19 bits per heavy atom. The minimum absolute atomic E-state index is 0.164. The van der Waals surface area contributed by atoms with Crippen molar-refractivity contribution in [2.75, 3.05) is 0 Å². The number of aliphatic hydroxyl groups excluding tert-OH is 1. The minimum atomic E-state index is -0.164. The lowest BCUT2D eigenvalue weighted by Gasteiger charge is -2.41. The molecule has 0 heterocycles. The summed E-state index contributed by atoms with van der Waals surface area (Å²) in [6.45, 7) is 9.14. The molecule has 0 aromatic rings. The molecule has 0 radical (unpaired) electrons. The second-order valence-corrected chi connectivity index (χ2v) is 7.82. The smallest absolute Gasteiger partial charge is 0.0583 e. The van der Waals surface area contributed by atoms with Crippen molar-refractivity contribution < 1.29 is 5.11 Å². The Labute approximate surface area is 129 Å². The zero-order valence-electron chi connectivity index (χ0n) is 13.7. The van der Waals surface area contributed by atoms with Crippen LogP contribution in [0, 0.1) is 17.3 Å². The third kappa shape index (κ3) is 2.77. The van der Waals surface area contributed by atoms with Crippen LogP contribution in [-0.2, 0) is 0 Å². The number of hydrogen-bond donors (Lipinski definition) is 1. The number of hydrogen-bond acceptors (Lipinski definition) is 1. The van der Waals surface area contributed by atoms with Gasteiger partial charge in [0.2, 0.25) is 0 Å². The van der Waals surface area contributed by atoms with Crippen LogP contribution in [0.15, 0.2) is 35.5 Å². The van der Waals surface area contributed by atoms with Crippen molar-refractivity contribution in [1.82, 2.24) is 0 Å². The molecule has 0 saturated heterocycles. The molecule has 3 saturated carbocycles. The van der Waals surface area contributed by atoms with Gasteiger partial charge in [-0.25, -0.2) is 0 Å². The molecular weight excluding hydrogens is 256 g/mol. The fourth-order valence-corrected chi connectivity index (χ4v) is 4.89. The summed E-state index contributed by atoms with van der Waals surface area (Å²) in [5, 5.41) is 9.86. The molecular formula is C20H30O. The van der Waals surface area contributed by atoms with Crippen molar-refractivity contribution in [3.63, 3.8) is 0 Å². The quantitative estimate of drug-likeness (QED) is 0.704. The van der Waals surface area contributed by atoms with Crippen molar-refractivity contribution in [3.05, 3.63) is 35.5 Å². The monoisotopic (exact) mass is 286 g/mol. The maximum Gasteiger partial charge on any atom is 0.0583 e. The normalized spacial score (nSPS) is 44.3. The van der Waals surface area contributed by atoms with Crippen LogP contribution in [0.25, 0.3) is 0 Å². The summed E-state index contributed by atoms with van der Waals surface area (Å²) in [6, 6.07) is 0. The molecule has 116 valence electrons. The summed E-state index contributed by atoms with van der Waals surface area (Å²) in [6.07, 6.45) is 13.9. The average Bonchev–Trinajstić information content (AvgIpc) is 2.76. The van der Waals surface area contributed by atoms with E-state index in [-0.39, 0.29) is 6.10 Å². The topological polar surface area (TPSA) is 20.2 Å². The predicted octanol–water partition coefficient (Wildman–Crippen LogP) is 5.18. The van der Waals surface area contributed by atoms with Gasteiger partial charge in [-0.1, -0.05) is 43.7 Å². The molecule has 21 heavy (non-hydrogen) atoms. The van der Waals surface area contributed by atoms with E-state index in [1.165, 1.54) is 43.3 Å². The summed E-state index contributed by atoms with van der Waals surface area (Å²) in [7, 11) is 0. The van der Waals surface area contributed by atoms with E-state index in [0.29, 0.717) is 5.41 Å². The van der Waals surface area contributed by atoms with Gasteiger partial charge in [0, 0.05) is 0 Å². The first-order chi connectivity index (χ1) is 10.0. The van der Waals surface area contributed by atoms with Gasteiger partial charge in [0.25, 0.3) is 0 Å². The van der Waals surface area contributed by atoms with Crippen molar-refractivity contribution in [1.29, 1.82) is 0 Å². The summed E-state index contributed by atoms with van der Waals surface area (Å²) >= 11 is 0. The number of rotatable bonds is 1. The second-order valence-electron chi connectivity index (χ2n) is 7.82. The molecule has 3 aliphatic carbocycles. The van der Waals surface area contributed by atoms with Crippen LogP contribution in [0.5, 0.6) is 0 Å². The number of fused-ring (bicyclic) bond motifs is 1. The highest BCUT2D eigenvalue weighted by atomic mass is 16.3. The SMILES string of the molecule is C=C1CC[C@H](O)C/C1=C/C=C1\CCC[C@]2(C)[C@@H](C)CC[C@@H]12. The molecule has 0 aromatic heterocycles. The molecule has 0 aromatic carbocycles. The van der Waals surface area contributed by atoms with E-state index in [1.807, 2.05) is 0 Å². The molecule has 3 rings (SSSR count). The molecule has 0 amide bonds. The van der Waals surface area contributed by atoms with E-state index < -0.39 is 0 Å². The van der Waals surface area contributed by atoms with Gasteiger partial charge >= 0.3 is 0 Å². The molecule has 1 N–H and O–H groups in total. The van der Waals surface area contributed by atoms with E-state index in [9.17, 15) is 5.11 Å². The van der Waals surface area contributed by atoms with E-state index in [0.717, 1.165) is 31.1 Å². The molecule has 3 fully saturated rings. The van der Waals surface area contributed by atoms with E-state index >= 15 is 0 Å². The Kier molecular flexibility index (Phi) is 4.14. The van der Waals surface area contributed by atoms with Gasteiger partial charge in [0.05, 0.1) is 6.10 Å². The molecule has 0 unspecified atom stereocenters. The van der Waals surface area contributed by atoms with Gasteiger partial charge in [-0.2, -0.15) is 0 Å². The minimum Gasteiger partial charge on any atom is -0.393 e. The van der Waals surface area contributed by atoms with Crippen LogP contribution in [0.4, 0.5) is 0 Å². The summed E-state index contributed by atoms with van der Waals surface area (Å²) in [4.78, 5) is 0.